The molecule has 0 radical (unpaired) electrons. The van der Waals surface area contributed by atoms with Crippen LogP contribution in [0.25, 0.3) is 0 Å². The molecular weight excluding hydrogens is 445 g/mol. The van der Waals surface area contributed by atoms with Crippen molar-refractivity contribution in [2.45, 2.75) is 17.4 Å². The number of carbonyl (C=O) groups excluding carboxylic acids is 1. The van der Waals surface area contributed by atoms with Gasteiger partial charge < -0.3 is 16.0 Å². The van der Waals surface area contributed by atoms with Crippen molar-refractivity contribution in [1.29, 1.82) is 0 Å². The van der Waals surface area contributed by atoms with Crippen LogP contribution in [-0.2, 0) is 9.22 Å². The zero-order chi connectivity index (χ0) is 17.8. The molecule has 1 heterocycles. The molecule has 25 heavy (non-hydrogen) atoms. The fourth-order valence-corrected chi connectivity index (χ4v) is 3.57. The minimum Gasteiger partial charge on any atom is -0.351 e. The lowest BCUT2D eigenvalue weighted by atomic mass is 9.95. The van der Waals surface area contributed by atoms with E-state index < -0.39 is 0 Å². The molecule has 128 valence electrons. The highest BCUT2D eigenvalue weighted by molar-refractivity contribution is 14.1. The highest BCUT2D eigenvalue weighted by Gasteiger charge is 2.29. The molecule has 1 unspecified atom stereocenters. The number of halogens is 1. The van der Waals surface area contributed by atoms with E-state index in [0.29, 0.717) is 10.7 Å². The minimum absolute atomic E-state index is 0.139. The fourth-order valence-electron chi connectivity index (χ4n) is 2.82. The van der Waals surface area contributed by atoms with Crippen molar-refractivity contribution in [2.75, 3.05) is 5.32 Å². The molecule has 1 atom stereocenters. The van der Waals surface area contributed by atoms with E-state index in [4.69, 9.17) is 12.2 Å². The van der Waals surface area contributed by atoms with Gasteiger partial charge >= 0.3 is 0 Å². The first-order valence-corrected chi connectivity index (χ1v) is 9.81. The summed E-state index contributed by atoms with van der Waals surface area (Å²) in [5.74, 6) is -0.139. The van der Waals surface area contributed by atoms with Crippen molar-refractivity contribution in [2.24, 2.45) is 0 Å². The number of allylic oxidation sites excluding steroid dienone is 1. The lowest BCUT2D eigenvalue weighted by Gasteiger charge is -2.30. The van der Waals surface area contributed by atoms with Gasteiger partial charge in [0.15, 0.2) is 5.11 Å². The van der Waals surface area contributed by atoms with Crippen LogP contribution in [0.4, 0.5) is 5.69 Å². The van der Waals surface area contributed by atoms with Crippen LogP contribution in [-0.4, -0.2) is 11.0 Å². The quantitative estimate of drug-likeness (QED) is 0.364. The van der Waals surface area contributed by atoms with Crippen LogP contribution in [0.2, 0.25) is 0 Å². The Morgan fingerprint density at radius 1 is 1.20 bits per heavy atom. The third-order valence-corrected chi connectivity index (χ3v) is 5.09. The lowest BCUT2D eigenvalue weighted by Crippen LogP contribution is -2.45. The number of carbonyl (C=O) groups is 1. The van der Waals surface area contributed by atoms with E-state index in [9.17, 15) is 4.79 Å². The average molecular weight is 463 g/mol. The summed E-state index contributed by atoms with van der Waals surface area (Å²) >= 11 is 7.58. The lowest BCUT2D eigenvalue weighted by molar-refractivity contribution is -0.113. The summed E-state index contributed by atoms with van der Waals surface area (Å²) in [6, 6.07) is 17.5. The highest BCUT2D eigenvalue weighted by atomic mass is 127. The normalized spacial score (nSPS) is 16.9. The first kappa shape index (κ1) is 17.9. The molecule has 2 aromatic rings. The Morgan fingerprint density at radius 3 is 2.68 bits per heavy atom. The third-order valence-electron chi connectivity index (χ3n) is 3.99. The molecule has 0 fully saturated rings. The van der Waals surface area contributed by atoms with Gasteiger partial charge in [-0.1, -0.05) is 65.1 Å². The smallest absolute Gasteiger partial charge is 0.255 e. The van der Waals surface area contributed by atoms with Crippen molar-refractivity contribution in [3.63, 3.8) is 0 Å². The fraction of sp³-hybridized carbons (Fsp3) is 0.158. The van der Waals surface area contributed by atoms with Crippen molar-refractivity contribution in [3.05, 3.63) is 77.0 Å². The van der Waals surface area contributed by atoms with Crippen LogP contribution in [0.1, 0.15) is 24.1 Å². The zero-order valence-electron chi connectivity index (χ0n) is 13.7. The summed E-state index contributed by atoms with van der Waals surface area (Å²) in [4.78, 5) is 13.0. The molecule has 6 heteroatoms. The molecule has 1 amide bonds. The van der Waals surface area contributed by atoms with Crippen LogP contribution >= 0.6 is 34.8 Å². The average Bonchev–Trinajstić information content (AvgIpc) is 2.61. The van der Waals surface area contributed by atoms with Gasteiger partial charge in [0.05, 0.1) is 11.6 Å². The molecule has 0 aromatic heterocycles. The maximum absolute atomic E-state index is 13.0. The molecule has 0 bridgehead atoms. The van der Waals surface area contributed by atoms with Gasteiger partial charge in [0.2, 0.25) is 0 Å². The Labute approximate surface area is 166 Å². The number of rotatable bonds is 4. The third kappa shape index (κ3) is 4.19. The van der Waals surface area contributed by atoms with Gasteiger partial charge in [-0.05, 0) is 42.4 Å². The molecule has 2 aromatic carbocycles. The maximum Gasteiger partial charge on any atom is 0.255 e. The van der Waals surface area contributed by atoms with E-state index in [1.54, 1.807) is 0 Å². The van der Waals surface area contributed by atoms with E-state index in [2.05, 4.69) is 38.5 Å². The van der Waals surface area contributed by atoms with E-state index in [1.165, 1.54) is 5.56 Å². The van der Waals surface area contributed by atoms with Crippen LogP contribution in [0, 0.1) is 0 Å². The van der Waals surface area contributed by atoms with Gasteiger partial charge in [-0.3, -0.25) is 4.79 Å². The minimum atomic E-state index is -0.275. The highest BCUT2D eigenvalue weighted by Crippen LogP contribution is 2.27. The Hall–Kier alpha value is -1.93. The Balaban J connectivity index is 1.92. The summed E-state index contributed by atoms with van der Waals surface area (Å²) in [7, 11) is 0. The first-order chi connectivity index (χ1) is 12.1. The topological polar surface area (TPSA) is 53.2 Å². The van der Waals surface area contributed by atoms with Crippen LogP contribution < -0.4 is 16.0 Å². The monoisotopic (exact) mass is 463 g/mol. The predicted octanol–water partition coefficient (Wildman–Crippen LogP) is 4.05. The molecule has 1 aliphatic heterocycles. The van der Waals surface area contributed by atoms with Crippen molar-refractivity contribution in [1.82, 2.24) is 10.6 Å². The zero-order valence-corrected chi connectivity index (χ0v) is 16.6. The van der Waals surface area contributed by atoms with Crippen LogP contribution in [0.15, 0.2) is 65.9 Å². The number of anilines is 1. The van der Waals surface area contributed by atoms with E-state index in [-0.39, 0.29) is 11.9 Å². The maximum atomic E-state index is 13.0. The van der Waals surface area contributed by atoms with Gasteiger partial charge in [0, 0.05) is 15.8 Å². The second-order valence-corrected chi connectivity index (χ2v) is 6.94. The number of benzene rings is 2. The number of hydrogen-bond donors (Lipinski definition) is 3. The van der Waals surface area contributed by atoms with E-state index in [1.807, 2.05) is 61.5 Å². The number of nitrogens with one attached hydrogen (secondary N) is 3. The van der Waals surface area contributed by atoms with Crippen LogP contribution in [0.3, 0.4) is 0 Å². The predicted molar refractivity (Wildman–Crippen MR) is 114 cm³/mol. The molecule has 0 saturated carbocycles. The number of hydrogen-bond acceptors (Lipinski definition) is 2. The molecule has 1 aliphatic rings. The summed E-state index contributed by atoms with van der Waals surface area (Å²) in [6.07, 6.45) is 0. The molecular formula is C19H18IN3OS. The molecule has 3 N–H and O–H groups in total. The second-order valence-electron chi connectivity index (χ2n) is 5.77. The Bertz CT molecular complexity index is 836. The summed E-state index contributed by atoms with van der Waals surface area (Å²) in [5.41, 5.74) is 4.36. The summed E-state index contributed by atoms with van der Waals surface area (Å²) in [6.45, 7) is 1.87. The van der Waals surface area contributed by atoms with Crippen molar-refractivity contribution in [3.8, 4) is 0 Å². The van der Waals surface area contributed by atoms with Crippen LogP contribution in [0.5, 0.6) is 0 Å². The van der Waals surface area contributed by atoms with E-state index >= 15 is 0 Å². The molecule has 3 rings (SSSR count). The van der Waals surface area contributed by atoms with Gasteiger partial charge in [-0.15, -0.1) is 0 Å². The van der Waals surface area contributed by atoms with Gasteiger partial charge in [-0.25, -0.2) is 0 Å². The summed E-state index contributed by atoms with van der Waals surface area (Å²) < 4.78 is 0.896. The molecule has 4 nitrogen and oxygen atoms in total. The van der Waals surface area contributed by atoms with Gasteiger partial charge in [-0.2, -0.15) is 0 Å². The second kappa shape index (κ2) is 7.97. The number of alkyl halides is 1. The largest absolute Gasteiger partial charge is 0.351 e. The molecule has 0 saturated heterocycles. The standard InChI is InChI=1S/C19H18IN3OS/c1-12-16(18(24)22-15-9-5-6-13(10-15)11-20)17(23-19(25)21-12)14-7-3-2-4-8-14/h2-10,17H,11H2,1H3,(H,22,24)(H2,21,23,25). The number of amides is 1. The van der Waals surface area contributed by atoms with Gasteiger partial charge in [0.25, 0.3) is 5.91 Å². The van der Waals surface area contributed by atoms with Crippen molar-refractivity contribution < 1.29 is 4.79 Å². The van der Waals surface area contributed by atoms with Gasteiger partial charge in [0.1, 0.15) is 0 Å². The first-order valence-electron chi connectivity index (χ1n) is 7.88. The van der Waals surface area contributed by atoms with Crippen molar-refractivity contribution >= 4 is 51.5 Å². The SMILES string of the molecule is CC1=C(C(=O)Nc2cccc(CI)c2)C(c2ccccc2)NC(=S)N1. The molecule has 0 spiro atoms. The Morgan fingerprint density at radius 2 is 1.96 bits per heavy atom. The summed E-state index contributed by atoms with van der Waals surface area (Å²) in [5, 5.41) is 9.79. The Kier molecular flexibility index (Phi) is 5.70. The number of thiocarbonyl (C=S) groups is 1. The molecule has 0 aliphatic carbocycles. The van der Waals surface area contributed by atoms with E-state index in [0.717, 1.165) is 21.4 Å².